The Kier molecular flexibility index (Phi) is 2.84. The first kappa shape index (κ1) is 8.94. The standard InChI is InChI=1S/C8H7Br2N/c1-5(2)7-6(9)3-4-11-8(7)10/h3-4H,1H2,2H3. The molecule has 0 aliphatic carbocycles. The van der Waals surface area contributed by atoms with Gasteiger partial charge in [0.15, 0.2) is 0 Å². The fourth-order valence-electron chi connectivity index (χ4n) is 0.795. The summed E-state index contributed by atoms with van der Waals surface area (Å²) in [5.74, 6) is 0. The van der Waals surface area contributed by atoms with Crippen LogP contribution in [0.4, 0.5) is 0 Å². The summed E-state index contributed by atoms with van der Waals surface area (Å²) in [6.45, 7) is 5.80. The second-order valence-electron chi connectivity index (χ2n) is 2.24. The highest BCUT2D eigenvalue weighted by atomic mass is 79.9. The molecule has 1 aromatic rings. The molecule has 0 unspecified atom stereocenters. The minimum absolute atomic E-state index is 0.833. The van der Waals surface area contributed by atoms with E-state index in [0.717, 1.165) is 20.2 Å². The van der Waals surface area contributed by atoms with Gasteiger partial charge in [0.25, 0.3) is 0 Å². The van der Waals surface area contributed by atoms with Gasteiger partial charge in [-0.05, 0) is 34.5 Å². The largest absolute Gasteiger partial charge is 0.249 e. The van der Waals surface area contributed by atoms with Crippen molar-refractivity contribution in [1.29, 1.82) is 0 Å². The maximum Gasteiger partial charge on any atom is 0.114 e. The summed E-state index contributed by atoms with van der Waals surface area (Å²) in [7, 11) is 0. The van der Waals surface area contributed by atoms with Crippen molar-refractivity contribution in [2.45, 2.75) is 6.92 Å². The van der Waals surface area contributed by atoms with E-state index in [9.17, 15) is 0 Å². The molecule has 0 radical (unpaired) electrons. The summed E-state index contributed by atoms with van der Waals surface area (Å²) in [4.78, 5) is 4.09. The molecule has 0 aliphatic rings. The van der Waals surface area contributed by atoms with Crippen LogP contribution in [0.2, 0.25) is 0 Å². The molecule has 0 amide bonds. The predicted molar refractivity (Wildman–Crippen MR) is 54.3 cm³/mol. The average Bonchev–Trinajstić information content (AvgIpc) is 1.85. The summed E-state index contributed by atoms with van der Waals surface area (Å²) in [5, 5.41) is 0. The van der Waals surface area contributed by atoms with Crippen molar-refractivity contribution in [2.75, 3.05) is 0 Å². The van der Waals surface area contributed by atoms with Crippen LogP contribution in [0.3, 0.4) is 0 Å². The SMILES string of the molecule is C=C(C)c1c(Br)ccnc1Br. The van der Waals surface area contributed by atoms with Gasteiger partial charge in [0.05, 0.1) is 0 Å². The molecule has 3 heteroatoms. The number of pyridine rings is 1. The predicted octanol–water partition coefficient (Wildman–Crippen LogP) is 3.64. The van der Waals surface area contributed by atoms with E-state index in [1.165, 1.54) is 0 Å². The van der Waals surface area contributed by atoms with Gasteiger partial charge in [-0.25, -0.2) is 4.98 Å². The first-order chi connectivity index (χ1) is 5.13. The minimum Gasteiger partial charge on any atom is -0.249 e. The van der Waals surface area contributed by atoms with Gasteiger partial charge in [-0.1, -0.05) is 22.5 Å². The van der Waals surface area contributed by atoms with Crippen LogP contribution in [-0.2, 0) is 0 Å². The lowest BCUT2D eigenvalue weighted by atomic mass is 10.2. The summed E-state index contributed by atoms with van der Waals surface area (Å²) in [6, 6.07) is 1.90. The highest BCUT2D eigenvalue weighted by molar-refractivity contribution is 9.11. The van der Waals surface area contributed by atoms with Crippen LogP contribution >= 0.6 is 31.9 Å². The summed E-state index contributed by atoms with van der Waals surface area (Å²) in [5.41, 5.74) is 2.03. The van der Waals surface area contributed by atoms with E-state index in [-0.39, 0.29) is 0 Å². The van der Waals surface area contributed by atoms with Crippen LogP contribution in [0.25, 0.3) is 5.57 Å². The van der Waals surface area contributed by atoms with Crippen molar-refractivity contribution in [1.82, 2.24) is 4.98 Å². The first-order valence-corrected chi connectivity index (χ1v) is 4.67. The molecule has 1 heterocycles. The van der Waals surface area contributed by atoms with Crippen molar-refractivity contribution in [3.05, 3.63) is 33.5 Å². The quantitative estimate of drug-likeness (QED) is 0.714. The van der Waals surface area contributed by atoms with Gasteiger partial charge in [0.1, 0.15) is 4.60 Å². The van der Waals surface area contributed by atoms with Gasteiger partial charge in [0, 0.05) is 16.2 Å². The third kappa shape index (κ3) is 1.91. The number of halogens is 2. The van der Waals surface area contributed by atoms with E-state index in [1.807, 2.05) is 13.0 Å². The zero-order chi connectivity index (χ0) is 8.43. The molecule has 1 aromatic heterocycles. The number of nitrogens with zero attached hydrogens (tertiary/aromatic N) is 1. The first-order valence-electron chi connectivity index (χ1n) is 3.09. The van der Waals surface area contributed by atoms with Gasteiger partial charge < -0.3 is 0 Å². The normalized spacial score (nSPS) is 9.73. The number of hydrogen-bond acceptors (Lipinski definition) is 1. The smallest absolute Gasteiger partial charge is 0.114 e. The second-order valence-corrected chi connectivity index (χ2v) is 3.84. The van der Waals surface area contributed by atoms with Gasteiger partial charge >= 0.3 is 0 Å². The number of rotatable bonds is 1. The topological polar surface area (TPSA) is 12.9 Å². The molecule has 0 fully saturated rings. The molecule has 58 valence electrons. The van der Waals surface area contributed by atoms with Crippen molar-refractivity contribution < 1.29 is 0 Å². The van der Waals surface area contributed by atoms with Crippen LogP contribution < -0.4 is 0 Å². The molecule has 1 nitrogen and oxygen atoms in total. The van der Waals surface area contributed by atoms with Crippen molar-refractivity contribution >= 4 is 37.4 Å². The van der Waals surface area contributed by atoms with Crippen LogP contribution in [-0.4, -0.2) is 4.98 Å². The lowest BCUT2D eigenvalue weighted by molar-refractivity contribution is 1.24. The molecule has 1 rings (SSSR count). The number of aromatic nitrogens is 1. The lowest BCUT2D eigenvalue weighted by Gasteiger charge is -2.03. The Morgan fingerprint density at radius 3 is 2.55 bits per heavy atom. The molecule has 0 saturated heterocycles. The highest BCUT2D eigenvalue weighted by Gasteiger charge is 2.04. The Morgan fingerprint density at radius 2 is 2.18 bits per heavy atom. The van der Waals surface area contributed by atoms with Gasteiger partial charge in [-0.15, -0.1) is 0 Å². The van der Waals surface area contributed by atoms with Crippen molar-refractivity contribution in [2.24, 2.45) is 0 Å². The zero-order valence-corrected chi connectivity index (χ0v) is 9.24. The van der Waals surface area contributed by atoms with E-state index in [1.54, 1.807) is 6.20 Å². The number of allylic oxidation sites excluding steroid dienone is 1. The molecule has 0 atom stereocenters. The van der Waals surface area contributed by atoms with Gasteiger partial charge in [-0.3, -0.25) is 0 Å². The Bertz CT molecular complexity index is 274. The van der Waals surface area contributed by atoms with Crippen LogP contribution in [0.5, 0.6) is 0 Å². The zero-order valence-electron chi connectivity index (χ0n) is 6.06. The van der Waals surface area contributed by atoms with E-state index < -0.39 is 0 Å². The van der Waals surface area contributed by atoms with Crippen LogP contribution in [0.15, 0.2) is 27.9 Å². The van der Waals surface area contributed by atoms with E-state index in [0.29, 0.717) is 0 Å². The Labute approximate surface area is 82.8 Å². The monoisotopic (exact) mass is 275 g/mol. The number of hydrogen-bond donors (Lipinski definition) is 0. The highest BCUT2D eigenvalue weighted by Crippen LogP contribution is 2.28. The van der Waals surface area contributed by atoms with Gasteiger partial charge in [-0.2, -0.15) is 0 Å². The summed E-state index contributed by atoms with van der Waals surface area (Å²) in [6.07, 6.45) is 1.74. The molecule has 0 N–H and O–H groups in total. The Hall–Kier alpha value is -0.150. The maximum atomic E-state index is 4.09. The molecular formula is C8H7Br2N. The van der Waals surface area contributed by atoms with Crippen LogP contribution in [0.1, 0.15) is 12.5 Å². The fraction of sp³-hybridized carbons (Fsp3) is 0.125. The van der Waals surface area contributed by atoms with Crippen molar-refractivity contribution in [3.8, 4) is 0 Å². The molecule has 0 spiro atoms. The molecule has 0 bridgehead atoms. The fourth-order valence-corrected chi connectivity index (χ4v) is 2.38. The molecule has 11 heavy (non-hydrogen) atoms. The summed E-state index contributed by atoms with van der Waals surface area (Å²) < 4.78 is 1.85. The molecule has 0 saturated carbocycles. The van der Waals surface area contributed by atoms with Gasteiger partial charge in [0.2, 0.25) is 0 Å². The lowest BCUT2D eigenvalue weighted by Crippen LogP contribution is -1.85. The molecular weight excluding hydrogens is 270 g/mol. The average molecular weight is 277 g/mol. The van der Waals surface area contributed by atoms with Crippen molar-refractivity contribution in [3.63, 3.8) is 0 Å². The van der Waals surface area contributed by atoms with E-state index in [2.05, 4.69) is 43.4 Å². The van der Waals surface area contributed by atoms with E-state index in [4.69, 9.17) is 0 Å². The molecule has 0 aromatic carbocycles. The Morgan fingerprint density at radius 1 is 1.55 bits per heavy atom. The second kappa shape index (κ2) is 3.50. The van der Waals surface area contributed by atoms with E-state index >= 15 is 0 Å². The third-order valence-corrected chi connectivity index (χ3v) is 2.54. The third-order valence-electron chi connectivity index (χ3n) is 1.28. The summed E-state index contributed by atoms with van der Waals surface area (Å²) >= 11 is 6.76. The minimum atomic E-state index is 0.833. The Balaban J connectivity index is 3.32. The van der Waals surface area contributed by atoms with Crippen LogP contribution in [0, 0.1) is 0 Å². The molecule has 0 aliphatic heterocycles. The maximum absolute atomic E-state index is 4.09.